The Bertz CT molecular complexity index is 608. The molecule has 2 N–H and O–H groups in total. The molecule has 20 heavy (non-hydrogen) atoms. The molecule has 2 aromatic rings. The van der Waals surface area contributed by atoms with Gasteiger partial charge in [-0.05, 0) is 49.1 Å². The van der Waals surface area contributed by atoms with Crippen molar-refractivity contribution in [2.24, 2.45) is 5.73 Å². The van der Waals surface area contributed by atoms with E-state index in [4.69, 9.17) is 5.73 Å². The first-order valence-electron chi connectivity index (χ1n) is 6.90. The Morgan fingerprint density at radius 1 is 1.35 bits per heavy atom. The summed E-state index contributed by atoms with van der Waals surface area (Å²) < 4.78 is 13.4. The van der Waals surface area contributed by atoms with Gasteiger partial charge in [-0.1, -0.05) is 12.1 Å². The van der Waals surface area contributed by atoms with Crippen LogP contribution in [-0.4, -0.2) is 17.6 Å². The molecule has 0 saturated carbocycles. The first-order valence-corrected chi connectivity index (χ1v) is 6.90. The van der Waals surface area contributed by atoms with Crippen molar-refractivity contribution >= 4 is 11.5 Å². The van der Waals surface area contributed by atoms with E-state index in [0.717, 1.165) is 36.5 Å². The Hall–Kier alpha value is -1.94. The number of rotatable bonds is 3. The predicted molar refractivity (Wildman–Crippen MR) is 78.7 cm³/mol. The van der Waals surface area contributed by atoms with Crippen molar-refractivity contribution in [3.05, 3.63) is 53.5 Å². The molecule has 1 aromatic heterocycles. The lowest BCUT2D eigenvalue weighted by molar-refractivity contribution is 0.628. The highest BCUT2D eigenvalue weighted by molar-refractivity contribution is 5.67. The maximum atomic E-state index is 13.4. The van der Waals surface area contributed by atoms with Crippen LogP contribution >= 0.6 is 0 Å². The Balaban J connectivity index is 1.86. The average Bonchev–Trinajstić information content (AvgIpc) is 2.82. The monoisotopic (exact) mass is 271 g/mol. The number of aromatic nitrogens is 1. The molecule has 0 spiro atoms. The first-order chi connectivity index (χ1) is 9.63. The summed E-state index contributed by atoms with van der Waals surface area (Å²) in [6.07, 6.45) is 3.60. The second-order valence-corrected chi connectivity index (χ2v) is 5.38. The maximum Gasteiger partial charge on any atom is 0.132 e. The second-order valence-electron chi connectivity index (χ2n) is 5.38. The van der Waals surface area contributed by atoms with Crippen molar-refractivity contribution in [1.82, 2.24) is 4.98 Å². The van der Waals surface area contributed by atoms with E-state index in [1.807, 2.05) is 31.3 Å². The van der Waals surface area contributed by atoms with Crippen LogP contribution in [0.1, 0.15) is 18.1 Å². The molecule has 3 nitrogen and oxygen atoms in total. The Morgan fingerprint density at radius 3 is 2.90 bits per heavy atom. The van der Waals surface area contributed by atoms with Gasteiger partial charge in [-0.3, -0.25) is 0 Å². The van der Waals surface area contributed by atoms with Crippen molar-refractivity contribution < 1.29 is 4.39 Å². The summed E-state index contributed by atoms with van der Waals surface area (Å²) in [6, 6.07) is 9.11. The summed E-state index contributed by atoms with van der Waals surface area (Å²) in [4.78, 5) is 6.55. The van der Waals surface area contributed by atoms with Crippen LogP contribution in [0.25, 0.3) is 0 Å². The van der Waals surface area contributed by atoms with Gasteiger partial charge in [0.2, 0.25) is 0 Å². The molecule has 4 heteroatoms. The Morgan fingerprint density at radius 2 is 2.20 bits per heavy atom. The molecule has 1 unspecified atom stereocenters. The summed E-state index contributed by atoms with van der Waals surface area (Å²) in [5.74, 6) is 0.659. The first kappa shape index (κ1) is 13.1. The summed E-state index contributed by atoms with van der Waals surface area (Å²) in [5.41, 5.74) is 9.01. The van der Waals surface area contributed by atoms with Crippen molar-refractivity contribution in [2.45, 2.75) is 25.8 Å². The highest BCUT2D eigenvalue weighted by Crippen LogP contribution is 2.33. The minimum Gasteiger partial charge on any atom is -0.328 e. The third kappa shape index (κ3) is 2.51. The highest BCUT2D eigenvalue weighted by Gasteiger charge is 2.21. The van der Waals surface area contributed by atoms with E-state index in [1.54, 1.807) is 6.07 Å². The Labute approximate surface area is 118 Å². The lowest BCUT2D eigenvalue weighted by Crippen LogP contribution is -2.18. The number of halogens is 1. The highest BCUT2D eigenvalue weighted by atomic mass is 19.1. The fourth-order valence-corrected chi connectivity index (χ4v) is 2.66. The van der Waals surface area contributed by atoms with Gasteiger partial charge in [-0.25, -0.2) is 9.37 Å². The quantitative estimate of drug-likeness (QED) is 0.933. The number of anilines is 2. The molecule has 0 amide bonds. The van der Waals surface area contributed by atoms with E-state index >= 15 is 0 Å². The van der Waals surface area contributed by atoms with Crippen molar-refractivity contribution in [3.63, 3.8) is 0 Å². The van der Waals surface area contributed by atoms with Gasteiger partial charge >= 0.3 is 0 Å². The van der Waals surface area contributed by atoms with Gasteiger partial charge in [0, 0.05) is 24.5 Å². The SMILES string of the molecule is CC(N)Cc1ccc(N2CCc3ccc(F)cc32)nc1. The lowest BCUT2D eigenvalue weighted by Gasteiger charge is -2.18. The van der Waals surface area contributed by atoms with Crippen molar-refractivity contribution in [2.75, 3.05) is 11.4 Å². The normalized spacial score (nSPS) is 15.2. The zero-order valence-electron chi connectivity index (χ0n) is 11.5. The van der Waals surface area contributed by atoms with Crippen LogP contribution in [0.2, 0.25) is 0 Å². The van der Waals surface area contributed by atoms with Crippen LogP contribution < -0.4 is 10.6 Å². The van der Waals surface area contributed by atoms with E-state index in [9.17, 15) is 4.39 Å². The Kier molecular flexibility index (Phi) is 3.40. The summed E-state index contributed by atoms with van der Waals surface area (Å²) in [7, 11) is 0. The summed E-state index contributed by atoms with van der Waals surface area (Å²) in [6.45, 7) is 2.83. The zero-order chi connectivity index (χ0) is 14.1. The van der Waals surface area contributed by atoms with Crippen LogP contribution in [0.3, 0.4) is 0 Å². The molecular formula is C16H18FN3. The van der Waals surface area contributed by atoms with Gasteiger partial charge in [0.25, 0.3) is 0 Å². The molecule has 0 bridgehead atoms. The lowest BCUT2D eigenvalue weighted by atomic mass is 10.1. The molecule has 0 saturated heterocycles. The third-order valence-electron chi connectivity index (χ3n) is 3.59. The molecule has 2 heterocycles. The topological polar surface area (TPSA) is 42.1 Å². The minimum atomic E-state index is -0.204. The van der Waals surface area contributed by atoms with Gasteiger partial charge < -0.3 is 10.6 Å². The molecule has 0 aliphatic carbocycles. The molecule has 1 atom stereocenters. The third-order valence-corrected chi connectivity index (χ3v) is 3.59. The van der Waals surface area contributed by atoms with E-state index in [-0.39, 0.29) is 11.9 Å². The molecule has 1 aromatic carbocycles. The van der Waals surface area contributed by atoms with E-state index < -0.39 is 0 Å². The van der Waals surface area contributed by atoms with E-state index in [2.05, 4.69) is 9.88 Å². The number of pyridine rings is 1. The molecule has 0 radical (unpaired) electrons. The fraction of sp³-hybridized carbons (Fsp3) is 0.312. The molecule has 3 rings (SSSR count). The number of hydrogen-bond donors (Lipinski definition) is 1. The molecule has 0 fully saturated rings. The number of benzene rings is 1. The molecule has 1 aliphatic rings. The number of nitrogens with two attached hydrogens (primary N) is 1. The number of fused-ring (bicyclic) bond motifs is 1. The van der Waals surface area contributed by atoms with Crippen molar-refractivity contribution in [3.8, 4) is 0 Å². The van der Waals surface area contributed by atoms with Crippen LogP contribution in [0.5, 0.6) is 0 Å². The number of hydrogen-bond acceptors (Lipinski definition) is 3. The van der Waals surface area contributed by atoms with Crippen LogP contribution in [0.4, 0.5) is 15.9 Å². The molecular weight excluding hydrogens is 253 g/mol. The maximum absolute atomic E-state index is 13.4. The molecule has 104 valence electrons. The smallest absolute Gasteiger partial charge is 0.132 e. The van der Waals surface area contributed by atoms with Gasteiger partial charge in [0.05, 0.1) is 0 Å². The van der Waals surface area contributed by atoms with Crippen LogP contribution in [-0.2, 0) is 12.8 Å². The largest absolute Gasteiger partial charge is 0.328 e. The number of nitrogens with zero attached hydrogens (tertiary/aromatic N) is 2. The van der Waals surface area contributed by atoms with Crippen LogP contribution in [0.15, 0.2) is 36.5 Å². The second kappa shape index (κ2) is 5.21. The van der Waals surface area contributed by atoms with E-state index in [0.29, 0.717) is 0 Å². The average molecular weight is 271 g/mol. The standard InChI is InChI=1S/C16H18FN3/c1-11(18)8-12-2-5-16(19-10-12)20-7-6-13-3-4-14(17)9-15(13)20/h2-5,9-11H,6-8,18H2,1H3. The molecule has 1 aliphatic heterocycles. The summed E-state index contributed by atoms with van der Waals surface area (Å²) >= 11 is 0. The van der Waals surface area contributed by atoms with Gasteiger partial charge in [0.1, 0.15) is 11.6 Å². The van der Waals surface area contributed by atoms with Crippen molar-refractivity contribution in [1.29, 1.82) is 0 Å². The fourth-order valence-electron chi connectivity index (χ4n) is 2.66. The van der Waals surface area contributed by atoms with E-state index in [1.165, 1.54) is 11.6 Å². The van der Waals surface area contributed by atoms with Crippen LogP contribution in [0, 0.1) is 5.82 Å². The summed E-state index contributed by atoms with van der Waals surface area (Å²) in [5, 5.41) is 0. The van der Waals surface area contributed by atoms with Gasteiger partial charge in [0.15, 0.2) is 0 Å². The minimum absolute atomic E-state index is 0.129. The zero-order valence-corrected chi connectivity index (χ0v) is 11.5. The van der Waals surface area contributed by atoms with Gasteiger partial charge in [-0.2, -0.15) is 0 Å². The predicted octanol–water partition coefficient (Wildman–Crippen LogP) is 2.80. The van der Waals surface area contributed by atoms with Gasteiger partial charge in [-0.15, -0.1) is 0 Å².